The summed E-state index contributed by atoms with van der Waals surface area (Å²) in [5, 5.41) is 15.6. The van der Waals surface area contributed by atoms with Gasteiger partial charge in [-0.05, 0) is 36.8 Å². The number of anilines is 2. The van der Waals surface area contributed by atoms with Crippen LogP contribution >= 0.6 is 0 Å². The fourth-order valence-electron chi connectivity index (χ4n) is 3.64. The Balaban J connectivity index is 1.84. The average Bonchev–Trinajstić information content (AvgIpc) is 3.08. The zero-order chi connectivity index (χ0) is 24.7. The van der Waals surface area contributed by atoms with E-state index in [2.05, 4.69) is 20.4 Å². The maximum absolute atomic E-state index is 14.2. The summed E-state index contributed by atoms with van der Waals surface area (Å²) in [6, 6.07) is 4.05. The Kier molecular flexibility index (Phi) is 5.69. The molecule has 2 aromatic heterocycles. The van der Waals surface area contributed by atoms with Gasteiger partial charge in [-0.2, -0.15) is 19.7 Å². The summed E-state index contributed by atoms with van der Waals surface area (Å²) in [5.74, 6) is -4.61. The fourth-order valence-corrected chi connectivity index (χ4v) is 3.64. The molecule has 176 valence electrons. The lowest BCUT2D eigenvalue weighted by molar-refractivity contribution is 0.191. The van der Waals surface area contributed by atoms with Gasteiger partial charge in [0.2, 0.25) is 0 Å². The molecule has 0 bridgehead atoms. The van der Waals surface area contributed by atoms with E-state index in [1.165, 1.54) is 17.7 Å². The minimum Gasteiger partial charge on any atom is -0.465 e. The number of fused-ring (bicyclic) bond motifs is 1. The monoisotopic (exact) mass is 475 g/mol. The van der Waals surface area contributed by atoms with E-state index in [1.807, 2.05) is 0 Å². The second kappa shape index (κ2) is 8.50. The summed E-state index contributed by atoms with van der Waals surface area (Å²) >= 11 is 0. The number of amides is 1. The van der Waals surface area contributed by atoms with Crippen molar-refractivity contribution in [1.29, 1.82) is 0 Å². The third-order valence-electron chi connectivity index (χ3n) is 5.10. The number of aromatic nitrogens is 4. The summed E-state index contributed by atoms with van der Waals surface area (Å²) in [6.07, 6.45) is -1.67. The third-order valence-corrected chi connectivity index (χ3v) is 5.10. The van der Waals surface area contributed by atoms with Crippen LogP contribution in [-0.4, -0.2) is 30.9 Å². The molecule has 0 aliphatic heterocycles. The molecule has 1 atom stereocenters. The molecule has 0 saturated heterocycles. The molecule has 2 heterocycles. The highest BCUT2D eigenvalue weighted by Gasteiger charge is 2.22. The topological polar surface area (TPSA) is 145 Å². The van der Waals surface area contributed by atoms with Crippen molar-refractivity contribution in [2.75, 3.05) is 11.5 Å². The van der Waals surface area contributed by atoms with Crippen molar-refractivity contribution >= 4 is 28.6 Å². The molecule has 2 aromatic carbocycles. The zero-order valence-electron chi connectivity index (χ0n) is 17.5. The highest BCUT2D eigenvalue weighted by Crippen LogP contribution is 2.29. The maximum Gasteiger partial charge on any atom is 0.405 e. The van der Waals surface area contributed by atoms with Gasteiger partial charge < -0.3 is 21.9 Å². The lowest BCUT2D eigenvalue weighted by atomic mass is 10.1. The molecule has 1 amide bonds. The lowest BCUT2D eigenvalue weighted by Crippen LogP contribution is -2.27. The summed E-state index contributed by atoms with van der Waals surface area (Å²) in [4.78, 5) is 19.2. The number of nitrogens with zero attached hydrogens (tertiary/aromatic N) is 4. The van der Waals surface area contributed by atoms with Gasteiger partial charge in [0, 0.05) is 17.9 Å². The number of hydrogen-bond donors (Lipinski definition) is 4. The predicted molar refractivity (Wildman–Crippen MR) is 114 cm³/mol. The van der Waals surface area contributed by atoms with Crippen molar-refractivity contribution in [3.63, 3.8) is 0 Å². The van der Waals surface area contributed by atoms with Crippen LogP contribution in [0.25, 0.3) is 16.9 Å². The Morgan fingerprint density at radius 1 is 1.09 bits per heavy atom. The minimum absolute atomic E-state index is 0.0872. The summed E-state index contributed by atoms with van der Waals surface area (Å²) in [5.41, 5.74) is 12.2. The predicted octanol–water partition coefficient (Wildman–Crippen LogP) is 3.46. The molecule has 0 spiro atoms. The van der Waals surface area contributed by atoms with Gasteiger partial charge in [0.05, 0.1) is 22.8 Å². The van der Waals surface area contributed by atoms with Crippen molar-refractivity contribution in [2.24, 2.45) is 0 Å². The highest BCUT2D eigenvalue weighted by molar-refractivity contribution is 5.83. The molecule has 34 heavy (non-hydrogen) atoms. The van der Waals surface area contributed by atoms with Crippen molar-refractivity contribution in [3.05, 3.63) is 70.4 Å². The number of rotatable bonds is 5. The van der Waals surface area contributed by atoms with Gasteiger partial charge in [-0.1, -0.05) is 0 Å². The molecule has 0 saturated carbocycles. The largest absolute Gasteiger partial charge is 0.465 e. The van der Waals surface area contributed by atoms with E-state index < -0.39 is 35.4 Å². The Hall–Kier alpha value is -4.42. The van der Waals surface area contributed by atoms with Crippen LogP contribution in [0.3, 0.4) is 0 Å². The first-order valence-electron chi connectivity index (χ1n) is 9.78. The summed E-state index contributed by atoms with van der Waals surface area (Å²) < 4.78 is 56.7. The summed E-state index contributed by atoms with van der Waals surface area (Å²) in [7, 11) is 0. The Labute approximate surface area is 189 Å². The number of nitrogen functional groups attached to an aromatic ring is 2. The molecule has 13 heteroatoms. The SMILES string of the molecule is CC(NC(=O)O)c1c(N)nc(-n2nc(Cc3cc(F)cc(F)c3F)c3cc(F)ccc32)nc1N. The molecule has 4 rings (SSSR count). The van der Waals surface area contributed by atoms with E-state index in [4.69, 9.17) is 16.6 Å². The van der Waals surface area contributed by atoms with Crippen LogP contribution in [0.2, 0.25) is 0 Å². The molecule has 0 fully saturated rings. The van der Waals surface area contributed by atoms with Crippen LogP contribution in [0.5, 0.6) is 0 Å². The van der Waals surface area contributed by atoms with E-state index in [1.54, 1.807) is 0 Å². The quantitative estimate of drug-likeness (QED) is 0.256. The first-order chi connectivity index (χ1) is 16.0. The van der Waals surface area contributed by atoms with Crippen molar-refractivity contribution < 1.29 is 27.5 Å². The molecule has 4 aromatic rings. The molecule has 1 unspecified atom stereocenters. The van der Waals surface area contributed by atoms with Crippen LogP contribution in [0.1, 0.15) is 29.8 Å². The van der Waals surface area contributed by atoms with Crippen LogP contribution in [0.15, 0.2) is 30.3 Å². The molecular weight excluding hydrogens is 458 g/mol. The Bertz CT molecular complexity index is 1420. The van der Waals surface area contributed by atoms with Gasteiger partial charge in [-0.25, -0.2) is 22.4 Å². The van der Waals surface area contributed by atoms with Crippen LogP contribution < -0.4 is 16.8 Å². The van der Waals surface area contributed by atoms with Gasteiger partial charge in [0.25, 0.3) is 5.95 Å². The van der Waals surface area contributed by atoms with E-state index in [0.29, 0.717) is 6.07 Å². The summed E-state index contributed by atoms with van der Waals surface area (Å²) in [6.45, 7) is 1.50. The smallest absolute Gasteiger partial charge is 0.405 e. The van der Waals surface area contributed by atoms with Gasteiger partial charge in [0.15, 0.2) is 11.6 Å². The number of nitrogens with one attached hydrogen (secondary N) is 1. The first-order valence-corrected chi connectivity index (χ1v) is 9.78. The number of hydrogen-bond acceptors (Lipinski definition) is 6. The number of nitrogens with two attached hydrogens (primary N) is 2. The van der Waals surface area contributed by atoms with Gasteiger partial charge in [0.1, 0.15) is 23.3 Å². The molecule has 0 aliphatic rings. The van der Waals surface area contributed by atoms with Gasteiger partial charge in [-0.15, -0.1) is 0 Å². The van der Waals surface area contributed by atoms with E-state index in [0.717, 1.165) is 18.2 Å². The number of carbonyl (C=O) groups is 1. The van der Waals surface area contributed by atoms with E-state index in [9.17, 15) is 22.4 Å². The lowest BCUT2D eigenvalue weighted by Gasteiger charge is -2.16. The number of halogens is 4. The average molecular weight is 475 g/mol. The third kappa shape index (κ3) is 4.14. The van der Waals surface area contributed by atoms with Crippen molar-refractivity contribution in [3.8, 4) is 5.95 Å². The van der Waals surface area contributed by atoms with Crippen molar-refractivity contribution in [2.45, 2.75) is 19.4 Å². The fraction of sp³-hybridized carbons (Fsp3) is 0.143. The normalized spacial score (nSPS) is 12.1. The standard InChI is InChI=1S/C21H17F4N7O2/c1-8(28-21(33)34)16-18(26)29-20(30-19(16)27)32-15-3-2-10(22)6-12(15)14(31-32)5-9-4-11(23)7-13(24)17(9)25/h2-4,6-8,28H,5H2,1H3,(H,33,34)(H4,26,27,29,30). The maximum atomic E-state index is 14.2. The molecule has 0 aliphatic carbocycles. The second-order valence-electron chi connectivity index (χ2n) is 7.44. The van der Waals surface area contributed by atoms with E-state index >= 15 is 0 Å². The molecule has 9 nitrogen and oxygen atoms in total. The van der Waals surface area contributed by atoms with E-state index in [-0.39, 0.29) is 51.7 Å². The first kappa shape index (κ1) is 22.8. The van der Waals surface area contributed by atoms with Gasteiger partial charge >= 0.3 is 6.09 Å². The van der Waals surface area contributed by atoms with Gasteiger partial charge in [-0.3, -0.25) is 0 Å². The van der Waals surface area contributed by atoms with Crippen LogP contribution in [0.4, 0.5) is 34.0 Å². The van der Waals surface area contributed by atoms with Crippen molar-refractivity contribution in [1.82, 2.24) is 25.1 Å². The highest BCUT2D eigenvalue weighted by atomic mass is 19.2. The number of carboxylic acid groups (broad SMARTS) is 1. The van der Waals surface area contributed by atoms with Crippen LogP contribution in [0, 0.1) is 23.3 Å². The molecular formula is C21H17F4N7O2. The Morgan fingerprint density at radius 2 is 1.76 bits per heavy atom. The zero-order valence-corrected chi connectivity index (χ0v) is 17.5. The van der Waals surface area contributed by atoms with Crippen LogP contribution in [-0.2, 0) is 6.42 Å². The number of benzene rings is 2. The Morgan fingerprint density at radius 3 is 2.41 bits per heavy atom. The molecule has 6 N–H and O–H groups in total. The second-order valence-corrected chi connectivity index (χ2v) is 7.44. The minimum atomic E-state index is -1.37. The molecule has 0 radical (unpaired) electrons.